The molecule has 1 unspecified atom stereocenters. The zero-order valence-electron chi connectivity index (χ0n) is 10.3. The molecule has 16 heavy (non-hydrogen) atoms. The largest absolute Gasteiger partial charge is 0.271 e. The van der Waals surface area contributed by atoms with Gasteiger partial charge in [-0.25, -0.2) is 0 Å². The molecule has 0 spiro atoms. The van der Waals surface area contributed by atoms with E-state index >= 15 is 0 Å². The van der Waals surface area contributed by atoms with Gasteiger partial charge in [0.1, 0.15) is 0 Å². The van der Waals surface area contributed by atoms with Gasteiger partial charge >= 0.3 is 0 Å². The fourth-order valence-corrected chi connectivity index (χ4v) is 2.05. The third kappa shape index (κ3) is 4.15. The maximum absolute atomic E-state index is 5.53. The first kappa shape index (κ1) is 13.5. The van der Waals surface area contributed by atoms with E-state index in [1.807, 2.05) is 22.6 Å². The average molecular weight is 242 g/mol. The van der Waals surface area contributed by atoms with Crippen molar-refractivity contribution in [2.24, 2.45) is 5.84 Å². The van der Waals surface area contributed by atoms with E-state index in [0.717, 1.165) is 24.3 Å². The zero-order valence-corrected chi connectivity index (χ0v) is 11.1. The van der Waals surface area contributed by atoms with Crippen LogP contribution < -0.4 is 11.3 Å². The molecule has 0 aliphatic rings. The van der Waals surface area contributed by atoms with Gasteiger partial charge in [-0.2, -0.15) is 16.9 Å². The summed E-state index contributed by atoms with van der Waals surface area (Å²) in [6.07, 6.45) is 6.12. The number of nitrogens with zero attached hydrogens (tertiary/aromatic N) is 2. The third-order valence-corrected chi connectivity index (χ3v) is 3.20. The Morgan fingerprint density at radius 2 is 2.31 bits per heavy atom. The van der Waals surface area contributed by atoms with Crippen LogP contribution in [0, 0.1) is 0 Å². The number of hydrogen-bond acceptors (Lipinski definition) is 4. The highest BCUT2D eigenvalue weighted by Crippen LogP contribution is 2.09. The Hall–Kier alpha value is -0.520. The molecular weight excluding hydrogens is 220 g/mol. The number of hydrogen-bond donors (Lipinski definition) is 2. The normalized spacial score (nSPS) is 13.3. The SMILES string of the molecule is CSCCC(Cc1ccn(C(C)C)n1)NN. The van der Waals surface area contributed by atoms with E-state index in [0.29, 0.717) is 12.1 Å². The van der Waals surface area contributed by atoms with Crippen LogP contribution in [0.15, 0.2) is 12.3 Å². The molecule has 0 aliphatic carbocycles. The van der Waals surface area contributed by atoms with E-state index in [4.69, 9.17) is 5.84 Å². The van der Waals surface area contributed by atoms with Crippen LogP contribution >= 0.6 is 11.8 Å². The second kappa shape index (κ2) is 6.93. The minimum absolute atomic E-state index is 0.322. The molecule has 5 heteroatoms. The molecule has 92 valence electrons. The smallest absolute Gasteiger partial charge is 0.0640 e. The van der Waals surface area contributed by atoms with Gasteiger partial charge < -0.3 is 0 Å². The number of nitrogens with two attached hydrogens (primary N) is 1. The first-order valence-electron chi connectivity index (χ1n) is 5.66. The Labute approximate surface area is 102 Å². The molecule has 0 bridgehead atoms. The van der Waals surface area contributed by atoms with E-state index in [-0.39, 0.29) is 0 Å². The number of nitrogens with one attached hydrogen (secondary N) is 1. The molecule has 1 heterocycles. The van der Waals surface area contributed by atoms with Crippen molar-refractivity contribution < 1.29 is 0 Å². The Kier molecular flexibility index (Phi) is 5.87. The maximum atomic E-state index is 5.53. The molecule has 0 aliphatic heterocycles. The summed E-state index contributed by atoms with van der Waals surface area (Å²) in [7, 11) is 0. The van der Waals surface area contributed by atoms with Crippen LogP contribution in [0.3, 0.4) is 0 Å². The molecule has 0 saturated heterocycles. The Balaban J connectivity index is 2.49. The molecule has 1 rings (SSSR count). The van der Waals surface area contributed by atoms with Gasteiger partial charge in [0.05, 0.1) is 5.69 Å². The predicted molar refractivity (Wildman–Crippen MR) is 70.4 cm³/mol. The van der Waals surface area contributed by atoms with Gasteiger partial charge in [0.2, 0.25) is 0 Å². The van der Waals surface area contributed by atoms with Gasteiger partial charge in [0.25, 0.3) is 0 Å². The van der Waals surface area contributed by atoms with Gasteiger partial charge in [-0.3, -0.25) is 16.0 Å². The Bertz CT molecular complexity index is 298. The Morgan fingerprint density at radius 3 is 2.81 bits per heavy atom. The molecule has 0 amide bonds. The second-order valence-corrected chi connectivity index (χ2v) is 5.22. The van der Waals surface area contributed by atoms with Crippen molar-refractivity contribution in [2.45, 2.75) is 38.8 Å². The minimum atomic E-state index is 0.322. The monoisotopic (exact) mass is 242 g/mol. The number of aromatic nitrogens is 2. The highest BCUT2D eigenvalue weighted by Gasteiger charge is 2.10. The van der Waals surface area contributed by atoms with Crippen LogP contribution in [0.25, 0.3) is 0 Å². The lowest BCUT2D eigenvalue weighted by Gasteiger charge is -2.13. The number of rotatable bonds is 7. The first-order chi connectivity index (χ1) is 7.67. The van der Waals surface area contributed by atoms with E-state index in [1.165, 1.54) is 0 Å². The van der Waals surface area contributed by atoms with E-state index in [2.05, 4.69) is 36.7 Å². The molecule has 0 radical (unpaired) electrons. The molecule has 0 saturated carbocycles. The molecule has 3 N–H and O–H groups in total. The summed E-state index contributed by atoms with van der Waals surface area (Å²) < 4.78 is 1.98. The van der Waals surface area contributed by atoms with Gasteiger partial charge in [0, 0.05) is 24.7 Å². The predicted octanol–water partition coefficient (Wildman–Crippen LogP) is 1.59. The van der Waals surface area contributed by atoms with E-state index in [9.17, 15) is 0 Å². The number of hydrazine groups is 1. The second-order valence-electron chi connectivity index (χ2n) is 4.23. The van der Waals surface area contributed by atoms with Crippen molar-refractivity contribution in [2.75, 3.05) is 12.0 Å². The molecule has 1 aromatic heterocycles. The highest BCUT2D eigenvalue weighted by atomic mass is 32.2. The lowest BCUT2D eigenvalue weighted by molar-refractivity contribution is 0.490. The highest BCUT2D eigenvalue weighted by molar-refractivity contribution is 7.98. The lowest BCUT2D eigenvalue weighted by atomic mass is 10.1. The molecule has 4 nitrogen and oxygen atoms in total. The lowest BCUT2D eigenvalue weighted by Crippen LogP contribution is -2.37. The summed E-state index contributed by atoms with van der Waals surface area (Å²) in [5.74, 6) is 6.66. The maximum Gasteiger partial charge on any atom is 0.0640 e. The van der Waals surface area contributed by atoms with Crippen molar-refractivity contribution >= 4 is 11.8 Å². The standard InChI is InChI=1S/C11H22N4S/c1-9(2)15-6-4-11(14-15)8-10(13-12)5-7-16-3/h4,6,9-10,13H,5,7-8,12H2,1-3H3. The summed E-state index contributed by atoms with van der Waals surface area (Å²) in [6, 6.07) is 2.82. The zero-order chi connectivity index (χ0) is 12.0. The minimum Gasteiger partial charge on any atom is -0.271 e. The summed E-state index contributed by atoms with van der Waals surface area (Å²) in [5.41, 5.74) is 3.97. The fourth-order valence-electron chi connectivity index (χ4n) is 1.53. The van der Waals surface area contributed by atoms with Crippen LogP contribution in [0.1, 0.15) is 32.0 Å². The van der Waals surface area contributed by atoms with Crippen molar-refractivity contribution in [3.63, 3.8) is 0 Å². The average Bonchev–Trinajstić information content (AvgIpc) is 2.72. The van der Waals surface area contributed by atoms with Crippen LogP contribution in [-0.2, 0) is 6.42 Å². The van der Waals surface area contributed by atoms with Crippen LogP contribution in [0.4, 0.5) is 0 Å². The van der Waals surface area contributed by atoms with Gasteiger partial charge in [-0.05, 0) is 38.3 Å². The molecular formula is C11H22N4S. The van der Waals surface area contributed by atoms with E-state index in [1.54, 1.807) is 0 Å². The van der Waals surface area contributed by atoms with E-state index < -0.39 is 0 Å². The quantitative estimate of drug-likeness (QED) is 0.563. The molecule has 1 aromatic rings. The summed E-state index contributed by atoms with van der Waals surface area (Å²) in [6.45, 7) is 4.26. The first-order valence-corrected chi connectivity index (χ1v) is 7.05. The van der Waals surface area contributed by atoms with Gasteiger partial charge in [-0.15, -0.1) is 0 Å². The number of thioether (sulfide) groups is 1. The van der Waals surface area contributed by atoms with Gasteiger partial charge in [0.15, 0.2) is 0 Å². The van der Waals surface area contributed by atoms with Crippen LogP contribution in [0.2, 0.25) is 0 Å². The molecule has 1 atom stereocenters. The van der Waals surface area contributed by atoms with Crippen molar-refractivity contribution in [1.29, 1.82) is 0 Å². The topological polar surface area (TPSA) is 55.9 Å². The van der Waals surface area contributed by atoms with Gasteiger partial charge in [-0.1, -0.05) is 0 Å². The third-order valence-electron chi connectivity index (χ3n) is 2.55. The van der Waals surface area contributed by atoms with Crippen molar-refractivity contribution in [3.05, 3.63) is 18.0 Å². The fraction of sp³-hybridized carbons (Fsp3) is 0.727. The molecule has 0 aromatic carbocycles. The van der Waals surface area contributed by atoms with Crippen molar-refractivity contribution in [3.8, 4) is 0 Å². The summed E-state index contributed by atoms with van der Waals surface area (Å²) in [4.78, 5) is 0. The molecule has 0 fully saturated rings. The summed E-state index contributed by atoms with van der Waals surface area (Å²) >= 11 is 1.84. The Morgan fingerprint density at radius 1 is 1.56 bits per heavy atom. The van der Waals surface area contributed by atoms with Crippen LogP contribution in [-0.4, -0.2) is 27.8 Å². The van der Waals surface area contributed by atoms with Crippen LogP contribution in [0.5, 0.6) is 0 Å². The van der Waals surface area contributed by atoms with Crippen molar-refractivity contribution in [1.82, 2.24) is 15.2 Å². The summed E-state index contributed by atoms with van der Waals surface area (Å²) in [5, 5.41) is 4.52.